The van der Waals surface area contributed by atoms with Gasteiger partial charge in [-0.05, 0) is 31.0 Å². The summed E-state index contributed by atoms with van der Waals surface area (Å²) in [5.74, 6) is -0.663. The molecule has 0 aliphatic carbocycles. The number of hydrogen-bond donors (Lipinski definition) is 2. The van der Waals surface area contributed by atoms with Crippen LogP contribution >= 0.6 is 11.3 Å². The number of carbonyl (C=O) groups excluding carboxylic acids is 1. The number of aryl methyl sites for hydroxylation is 1. The molecule has 6 nitrogen and oxygen atoms in total. The van der Waals surface area contributed by atoms with Crippen molar-refractivity contribution in [1.82, 2.24) is 9.79 Å². The normalized spacial score (nSPS) is 18.4. The van der Waals surface area contributed by atoms with Gasteiger partial charge < -0.3 is 0 Å². The van der Waals surface area contributed by atoms with Gasteiger partial charge >= 0.3 is 0 Å². The minimum Gasteiger partial charge on any atom is -0.286 e. The van der Waals surface area contributed by atoms with Crippen LogP contribution in [0.1, 0.15) is 12.0 Å². The van der Waals surface area contributed by atoms with E-state index in [0.29, 0.717) is 5.06 Å². The highest BCUT2D eigenvalue weighted by Crippen LogP contribution is 2.31. The Balaban J connectivity index is 1.82. The number of sulfonamides is 1. The quantitative estimate of drug-likeness (QED) is 0.632. The molecule has 0 fully saturated rings. The maximum absolute atomic E-state index is 12.6. The summed E-state index contributed by atoms with van der Waals surface area (Å²) in [6.45, 7) is 2.04. The largest absolute Gasteiger partial charge is 0.286 e. The van der Waals surface area contributed by atoms with Crippen molar-refractivity contribution in [3.05, 3.63) is 54.1 Å². The van der Waals surface area contributed by atoms with E-state index in [1.807, 2.05) is 31.2 Å². The molecule has 0 saturated carbocycles. The van der Waals surface area contributed by atoms with Crippen molar-refractivity contribution in [2.45, 2.75) is 23.6 Å². The van der Waals surface area contributed by atoms with Crippen LogP contribution in [0.15, 0.2) is 52.8 Å². The Kier molecular flexibility index (Phi) is 5.05. The van der Waals surface area contributed by atoms with Crippen LogP contribution in [0.4, 0.5) is 0 Å². The highest BCUT2D eigenvalue weighted by atomic mass is 32.2. The molecule has 3 rings (SSSR count). The summed E-state index contributed by atoms with van der Waals surface area (Å²) >= 11 is 1.14. The summed E-state index contributed by atoms with van der Waals surface area (Å²) in [4.78, 5) is 12.9. The van der Waals surface area contributed by atoms with E-state index >= 15 is 0 Å². The number of amides is 1. The molecule has 2 N–H and O–H groups in total. The molecule has 0 radical (unpaired) electrons. The summed E-state index contributed by atoms with van der Waals surface area (Å²) < 4.78 is 27.7. The first kappa shape index (κ1) is 17.8. The molecule has 0 spiro atoms. The maximum atomic E-state index is 12.6. The SMILES string of the molecule is Cc1ccc(-c2ccc(S(=O)(=O)NC3CC=CCN(O)C3=O)s2)cc1. The fourth-order valence-corrected chi connectivity index (χ4v) is 4.99. The summed E-state index contributed by atoms with van der Waals surface area (Å²) in [5, 5.41) is 10.1. The smallest absolute Gasteiger partial charge is 0.264 e. The molecule has 0 saturated heterocycles. The molecule has 132 valence electrons. The molecule has 1 aliphatic heterocycles. The van der Waals surface area contributed by atoms with Gasteiger partial charge in [-0.2, -0.15) is 4.72 Å². The van der Waals surface area contributed by atoms with E-state index in [9.17, 15) is 18.4 Å². The molecule has 25 heavy (non-hydrogen) atoms. The maximum Gasteiger partial charge on any atom is 0.264 e. The van der Waals surface area contributed by atoms with Crippen LogP contribution in [0.3, 0.4) is 0 Å². The Morgan fingerprint density at radius 2 is 1.88 bits per heavy atom. The van der Waals surface area contributed by atoms with Crippen molar-refractivity contribution in [3.63, 3.8) is 0 Å². The average Bonchev–Trinajstić information content (AvgIpc) is 3.03. The van der Waals surface area contributed by atoms with E-state index in [4.69, 9.17) is 0 Å². The monoisotopic (exact) mass is 378 g/mol. The first-order chi connectivity index (χ1) is 11.9. The molecular weight excluding hydrogens is 360 g/mol. The van der Waals surface area contributed by atoms with Crippen molar-refractivity contribution in [2.24, 2.45) is 0 Å². The minimum absolute atomic E-state index is 0.0492. The highest BCUT2D eigenvalue weighted by molar-refractivity contribution is 7.91. The third-order valence-corrected chi connectivity index (χ3v) is 6.95. The third kappa shape index (κ3) is 3.98. The predicted molar refractivity (Wildman–Crippen MR) is 95.9 cm³/mol. The lowest BCUT2D eigenvalue weighted by molar-refractivity contribution is -0.164. The molecule has 1 unspecified atom stereocenters. The summed E-state index contributed by atoms with van der Waals surface area (Å²) in [6.07, 6.45) is 3.49. The molecule has 2 aromatic rings. The number of benzene rings is 1. The van der Waals surface area contributed by atoms with E-state index in [2.05, 4.69) is 4.72 Å². The van der Waals surface area contributed by atoms with Crippen LogP contribution in [0.2, 0.25) is 0 Å². The topological polar surface area (TPSA) is 86.7 Å². The highest BCUT2D eigenvalue weighted by Gasteiger charge is 2.29. The van der Waals surface area contributed by atoms with Gasteiger partial charge in [0.25, 0.3) is 15.9 Å². The average molecular weight is 378 g/mol. The van der Waals surface area contributed by atoms with Gasteiger partial charge in [-0.25, -0.2) is 13.5 Å². The number of rotatable bonds is 4. The van der Waals surface area contributed by atoms with Gasteiger partial charge in [-0.15, -0.1) is 11.3 Å². The second-order valence-corrected chi connectivity index (χ2v) is 8.81. The van der Waals surface area contributed by atoms with Gasteiger partial charge in [0, 0.05) is 4.88 Å². The number of thiophene rings is 1. The van der Waals surface area contributed by atoms with Crippen molar-refractivity contribution in [1.29, 1.82) is 0 Å². The van der Waals surface area contributed by atoms with Crippen molar-refractivity contribution < 1.29 is 18.4 Å². The van der Waals surface area contributed by atoms with E-state index in [-0.39, 0.29) is 17.2 Å². The molecule has 1 atom stereocenters. The zero-order chi connectivity index (χ0) is 18.0. The van der Waals surface area contributed by atoms with E-state index in [1.165, 1.54) is 6.07 Å². The first-order valence-electron chi connectivity index (χ1n) is 7.71. The Labute approximate surface area is 150 Å². The van der Waals surface area contributed by atoms with Gasteiger partial charge in [0.05, 0.1) is 6.54 Å². The zero-order valence-corrected chi connectivity index (χ0v) is 15.2. The standard InChI is InChI=1S/C17H18N2O4S2/c1-12-5-7-13(8-6-12)15-9-10-16(24-15)25(22,23)18-14-4-2-3-11-19(21)17(14)20/h2-3,5-10,14,18,21H,4,11H2,1H3. The van der Waals surface area contributed by atoms with Crippen LogP contribution in [0.25, 0.3) is 10.4 Å². The summed E-state index contributed by atoms with van der Waals surface area (Å²) in [7, 11) is -3.85. The molecular formula is C17H18N2O4S2. The van der Waals surface area contributed by atoms with Gasteiger partial charge in [0.1, 0.15) is 10.3 Å². The number of nitrogens with one attached hydrogen (secondary N) is 1. The summed E-state index contributed by atoms with van der Waals surface area (Å²) in [5.41, 5.74) is 2.07. The van der Waals surface area contributed by atoms with Gasteiger partial charge in [0.15, 0.2) is 0 Å². The summed E-state index contributed by atoms with van der Waals surface area (Å²) in [6, 6.07) is 10.1. The predicted octanol–water partition coefficient (Wildman–Crippen LogP) is 2.55. The molecule has 8 heteroatoms. The molecule has 1 aromatic heterocycles. The molecule has 0 bridgehead atoms. The van der Waals surface area contributed by atoms with Crippen LogP contribution in [0.5, 0.6) is 0 Å². The van der Waals surface area contributed by atoms with Crippen LogP contribution in [-0.2, 0) is 14.8 Å². The van der Waals surface area contributed by atoms with Gasteiger partial charge in [-0.1, -0.05) is 42.0 Å². The molecule has 1 amide bonds. The van der Waals surface area contributed by atoms with Gasteiger partial charge in [0.2, 0.25) is 0 Å². The first-order valence-corrected chi connectivity index (χ1v) is 10.0. The van der Waals surface area contributed by atoms with Crippen LogP contribution < -0.4 is 4.72 Å². The Morgan fingerprint density at radius 3 is 2.60 bits per heavy atom. The minimum atomic E-state index is -3.85. The van der Waals surface area contributed by atoms with E-state index in [1.54, 1.807) is 18.2 Å². The number of nitrogens with zero attached hydrogens (tertiary/aromatic N) is 1. The second kappa shape index (κ2) is 7.09. The Morgan fingerprint density at radius 1 is 1.16 bits per heavy atom. The zero-order valence-electron chi connectivity index (χ0n) is 13.5. The Bertz CT molecular complexity index is 901. The number of carbonyl (C=O) groups is 1. The van der Waals surface area contributed by atoms with Crippen molar-refractivity contribution in [2.75, 3.05) is 6.54 Å². The number of hydrogen-bond acceptors (Lipinski definition) is 5. The lowest BCUT2D eigenvalue weighted by atomic mass is 10.1. The Hall–Kier alpha value is -2.00. The fourth-order valence-electron chi connectivity index (χ4n) is 2.46. The van der Waals surface area contributed by atoms with E-state index in [0.717, 1.165) is 27.3 Å². The van der Waals surface area contributed by atoms with E-state index < -0.39 is 22.0 Å². The number of hydroxylamine groups is 2. The lowest BCUT2D eigenvalue weighted by Gasteiger charge is -2.18. The van der Waals surface area contributed by atoms with Crippen molar-refractivity contribution >= 4 is 27.3 Å². The van der Waals surface area contributed by atoms with Gasteiger partial charge in [-0.3, -0.25) is 10.0 Å². The molecule has 1 aliphatic rings. The second-order valence-electron chi connectivity index (χ2n) is 5.79. The van der Waals surface area contributed by atoms with Crippen LogP contribution in [0, 0.1) is 6.92 Å². The fraction of sp³-hybridized carbons (Fsp3) is 0.235. The molecule has 1 aromatic carbocycles. The van der Waals surface area contributed by atoms with Crippen molar-refractivity contribution in [3.8, 4) is 10.4 Å². The van der Waals surface area contributed by atoms with Crippen LogP contribution in [-0.4, -0.2) is 37.2 Å². The molecule has 2 heterocycles. The lowest BCUT2D eigenvalue weighted by Crippen LogP contribution is -2.46. The third-order valence-electron chi connectivity index (χ3n) is 3.85.